The average Bonchev–Trinajstić information content (AvgIpc) is 2.88. The number of anilines is 1. The number of carbonyl (C=O) groups excluding carboxylic acids is 3. The molecule has 3 rings (SSSR count). The maximum Gasteiger partial charge on any atom is 0.257 e. The molecule has 0 radical (unpaired) electrons. The molecule has 1 fully saturated rings. The Kier molecular flexibility index (Phi) is 10.1. The van der Waals surface area contributed by atoms with Crippen LogP contribution in [-0.2, 0) is 19.1 Å². The number of morpholine rings is 1. The number of fused-ring (bicyclic) bond motifs is 1. The van der Waals surface area contributed by atoms with Gasteiger partial charge >= 0.3 is 0 Å². The van der Waals surface area contributed by atoms with E-state index in [1.54, 1.807) is 44.2 Å². The van der Waals surface area contributed by atoms with E-state index in [2.05, 4.69) is 10.2 Å². The summed E-state index contributed by atoms with van der Waals surface area (Å²) in [6, 6.07) is 4.80. The smallest absolute Gasteiger partial charge is 0.257 e. The normalized spacial score (nSPS) is 24.2. The molecule has 0 bridgehead atoms. The number of nitrogens with one attached hydrogen (secondary N) is 1. The summed E-state index contributed by atoms with van der Waals surface area (Å²) < 4.78 is 17.3. The van der Waals surface area contributed by atoms with E-state index in [1.807, 2.05) is 18.7 Å². The summed E-state index contributed by atoms with van der Waals surface area (Å²) in [6.07, 6.45) is 0.0877. The topological polar surface area (TPSA) is 101 Å². The third-order valence-corrected chi connectivity index (χ3v) is 6.83. The molecule has 200 valence electrons. The second-order valence-electron chi connectivity index (χ2n) is 9.64. The van der Waals surface area contributed by atoms with Crippen molar-refractivity contribution in [2.75, 3.05) is 72.0 Å². The van der Waals surface area contributed by atoms with Gasteiger partial charge in [0.05, 0.1) is 37.5 Å². The summed E-state index contributed by atoms with van der Waals surface area (Å²) in [5.41, 5.74) is 0.952. The Hall–Kier alpha value is -2.69. The first-order valence-electron chi connectivity index (χ1n) is 12.7. The Labute approximate surface area is 213 Å². The van der Waals surface area contributed by atoms with Gasteiger partial charge in [0.2, 0.25) is 11.8 Å². The highest BCUT2D eigenvalue weighted by molar-refractivity contribution is 5.98. The van der Waals surface area contributed by atoms with Gasteiger partial charge in [-0.1, -0.05) is 13.8 Å². The van der Waals surface area contributed by atoms with Gasteiger partial charge in [0.25, 0.3) is 5.91 Å². The SMILES string of the molecule is CCC(=O)Nc1ccc2c(c1)OC[C@@H](C)N(C(=O)CN1CCOCC1)C[C@H](C)[C@H](OC)CN(C)C2=O. The van der Waals surface area contributed by atoms with Gasteiger partial charge in [0.1, 0.15) is 12.4 Å². The number of likely N-dealkylation sites (N-methyl/N-ethyl adjacent to an activating group) is 1. The summed E-state index contributed by atoms with van der Waals surface area (Å²) in [5.74, 6) is 0.0702. The van der Waals surface area contributed by atoms with E-state index in [4.69, 9.17) is 14.2 Å². The number of benzene rings is 1. The quantitative estimate of drug-likeness (QED) is 0.651. The average molecular weight is 505 g/mol. The van der Waals surface area contributed by atoms with E-state index in [0.717, 1.165) is 13.1 Å². The molecule has 0 aliphatic carbocycles. The molecule has 3 amide bonds. The lowest BCUT2D eigenvalue weighted by Gasteiger charge is -2.37. The third-order valence-electron chi connectivity index (χ3n) is 6.83. The van der Waals surface area contributed by atoms with Crippen molar-refractivity contribution in [1.29, 1.82) is 0 Å². The van der Waals surface area contributed by atoms with Crippen molar-refractivity contribution in [2.45, 2.75) is 39.3 Å². The first-order valence-corrected chi connectivity index (χ1v) is 12.7. The third kappa shape index (κ3) is 7.18. The van der Waals surface area contributed by atoms with Gasteiger partial charge in [-0.05, 0) is 19.1 Å². The molecular weight excluding hydrogens is 464 g/mol. The Morgan fingerprint density at radius 2 is 1.89 bits per heavy atom. The second-order valence-corrected chi connectivity index (χ2v) is 9.64. The van der Waals surface area contributed by atoms with Crippen LogP contribution >= 0.6 is 0 Å². The minimum absolute atomic E-state index is 0.00753. The highest BCUT2D eigenvalue weighted by Crippen LogP contribution is 2.27. The Morgan fingerprint density at radius 3 is 2.56 bits per heavy atom. The van der Waals surface area contributed by atoms with E-state index >= 15 is 0 Å². The molecule has 0 saturated carbocycles. The molecule has 1 saturated heterocycles. The second kappa shape index (κ2) is 13.0. The van der Waals surface area contributed by atoms with E-state index in [9.17, 15) is 14.4 Å². The molecule has 10 heteroatoms. The maximum absolute atomic E-state index is 13.4. The molecular formula is C26H40N4O6. The van der Waals surface area contributed by atoms with Crippen molar-refractivity contribution in [2.24, 2.45) is 5.92 Å². The van der Waals surface area contributed by atoms with Crippen molar-refractivity contribution in [3.63, 3.8) is 0 Å². The highest BCUT2D eigenvalue weighted by Gasteiger charge is 2.31. The summed E-state index contributed by atoms with van der Waals surface area (Å²) in [4.78, 5) is 44.2. The van der Waals surface area contributed by atoms with Crippen LogP contribution in [0.25, 0.3) is 0 Å². The zero-order valence-corrected chi connectivity index (χ0v) is 22.1. The van der Waals surface area contributed by atoms with Crippen LogP contribution in [0, 0.1) is 5.92 Å². The van der Waals surface area contributed by atoms with E-state index in [0.29, 0.717) is 56.3 Å². The van der Waals surface area contributed by atoms with Crippen LogP contribution in [0.2, 0.25) is 0 Å². The number of carbonyl (C=O) groups is 3. The number of ether oxygens (including phenoxy) is 3. The minimum Gasteiger partial charge on any atom is -0.491 e. The predicted molar refractivity (Wildman–Crippen MR) is 136 cm³/mol. The fourth-order valence-electron chi connectivity index (χ4n) is 4.49. The minimum atomic E-state index is -0.253. The maximum atomic E-state index is 13.4. The summed E-state index contributed by atoms with van der Waals surface area (Å²) in [5, 5.41) is 2.82. The van der Waals surface area contributed by atoms with Gasteiger partial charge in [-0.15, -0.1) is 0 Å². The monoisotopic (exact) mass is 504 g/mol. The first kappa shape index (κ1) is 27.9. The molecule has 36 heavy (non-hydrogen) atoms. The van der Waals surface area contributed by atoms with Crippen molar-refractivity contribution < 1.29 is 28.6 Å². The summed E-state index contributed by atoms with van der Waals surface area (Å²) in [6.45, 7) is 9.85. The van der Waals surface area contributed by atoms with Crippen LogP contribution in [0.1, 0.15) is 37.6 Å². The van der Waals surface area contributed by atoms with E-state index in [-0.39, 0.29) is 42.4 Å². The van der Waals surface area contributed by atoms with Gasteiger partial charge < -0.3 is 29.3 Å². The number of hydrogen-bond donors (Lipinski definition) is 1. The number of hydrogen-bond acceptors (Lipinski definition) is 7. The fourth-order valence-corrected chi connectivity index (χ4v) is 4.49. The summed E-state index contributed by atoms with van der Waals surface area (Å²) >= 11 is 0. The molecule has 2 heterocycles. The van der Waals surface area contributed by atoms with Crippen molar-refractivity contribution >= 4 is 23.4 Å². The number of methoxy groups -OCH3 is 1. The molecule has 1 N–H and O–H groups in total. The van der Waals surface area contributed by atoms with Crippen LogP contribution in [0.5, 0.6) is 5.75 Å². The molecule has 3 atom stereocenters. The lowest BCUT2D eigenvalue weighted by atomic mass is 10.0. The molecule has 0 unspecified atom stereocenters. The van der Waals surface area contributed by atoms with E-state index in [1.165, 1.54) is 0 Å². The van der Waals surface area contributed by atoms with Crippen LogP contribution in [-0.4, -0.2) is 111 Å². The van der Waals surface area contributed by atoms with E-state index < -0.39 is 0 Å². The molecule has 2 aliphatic heterocycles. The predicted octanol–water partition coefficient (Wildman–Crippen LogP) is 1.70. The lowest BCUT2D eigenvalue weighted by Crippen LogP contribution is -2.52. The highest BCUT2D eigenvalue weighted by atomic mass is 16.5. The van der Waals surface area contributed by atoms with Gasteiger partial charge in [0, 0.05) is 64.4 Å². The zero-order valence-electron chi connectivity index (χ0n) is 22.1. The molecule has 1 aromatic carbocycles. The Bertz CT molecular complexity index is 920. The van der Waals surface area contributed by atoms with Crippen LogP contribution in [0.4, 0.5) is 5.69 Å². The van der Waals surface area contributed by atoms with Crippen LogP contribution < -0.4 is 10.1 Å². The lowest BCUT2D eigenvalue weighted by molar-refractivity contribution is -0.137. The molecule has 2 aliphatic rings. The van der Waals surface area contributed by atoms with Crippen LogP contribution in [0.15, 0.2) is 18.2 Å². The van der Waals surface area contributed by atoms with Gasteiger partial charge in [-0.25, -0.2) is 0 Å². The standard InChI is InChI=1S/C26H40N4O6/c1-6-24(31)27-20-7-8-21-22(13-20)36-17-19(3)30(25(32)16-29-9-11-35-12-10-29)14-18(2)23(34-5)15-28(4)26(21)33/h7-8,13,18-19,23H,6,9-12,14-17H2,1-5H3,(H,27,31)/t18-,19+,23+/m0/s1. The van der Waals surface area contributed by atoms with Crippen molar-refractivity contribution in [3.8, 4) is 5.75 Å². The first-order chi connectivity index (χ1) is 17.2. The molecule has 0 spiro atoms. The number of nitrogens with zero attached hydrogens (tertiary/aromatic N) is 3. The number of amides is 3. The van der Waals surface area contributed by atoms with Crippen LogP contribution in [0.3, 0.4) is 0 Å². The van der Waals surface area contributed by atoms with Crippen molar-refractivity contribution in [3.05, 3.63) is 23.8 Å². The largest absolute Gasteiger partial charge is 0.491 e. The molecule has 0 aromatic heterocycles. The van der Waals surface area contributed by atoms with Gasteiger partial charge in [0.15, 0.2) is 0 Å². The Morgan fingerprint density at radius 1 is 1.17 bits per heavy atom. The Balaban J connectivity index is 1.89. The number of rotatable bonds is 5. The summed E-state index contributed by atoms with van der Waals surface area (Å²) in [7, 11) is 3.36. The fraction of sp³-hybridized carbons (Fsp3) is 0.654. The van der Waals surface area contributed by atoms with Gasteiger partial charge in [-0.3, -0.25) is 19.3 Å². The molecule has 1 aromatic rings. The van der Waals surface area contributed by atoms with Gasteiger partial charge in [-0.2, -0.15) is 0 Å². The van der Waals surface area contributed by atoms with Crippen molar-refractivity contribution in [1.82, 2.24) is 14.7 Å². The molecule has 10 nitrogen and oxygen atoms in total. The zero-order chi connectivity index (χ0) is 26.2.